The Morgan fingerprint density at radius 2 is 1.72 bits per heavy atom. The van der Waals surface area contributed by atoms with Gasteiger partial charge in [-0.2, -0.15) is 13.2 Å². The number of pyridine rings is 1. The third kappa shape index (κ3) is 3.94. The Hall–Kier alpha value is -3.35. The number of rotatable bonds is 2. The largest absolute Gasteiger partial charge is 0.491 e. The average molecular weight is 397 g/mol. The topological polar surface area (TPSA) is 37.7 Å². The monoisotopic (exact) mass is 397 g/mol. The summed E-state index contributed by atoms with van der Waals surface area (Å²) in [6.45, 7) is 0.947. The molecule has 0 fully saturated rings. The summed E-state index contributed by atoms with van der Waals surface area (Å²) in [5.41, 5.74) is 1.57. The number of benzene rings is 2. The number of hydrogen-bond donors (Lipinski definition) is 0. The van der Waals surface area contributed by atoms with E-state index in [4.69, 9.17) is 4.74 Å². The van der Waals surface area contributed by atoms with Crippen LogP contribution in [0.15, 0.2) is 71.9 Å². The maximum absolute atomic E-state index is 12.8. The highest BCUT2D eigenvalue weighted by Crippen LogP contribution is 2.33. The van der Waals surface area contributed by atoms with E-state index < -0.39 is 11.7 Å². The maximum atomic E-state index is 12.8. The van der Waals surface area contributed by atoms with Crippen LogP contribution >= 0.6 is 0 Å². The van der Waals surface area contributed by atoms with Gasteiger partial charge in [-0.1, -0.05) is 24.3 Å². The summed E-state index contributed by atoms with van der Waals surface area (Å²) in [4.78, 5) is 10.9. The van der Waals surface area contributed by atoms with Crippen LogP contribution in [-0.4, -0.2) is 31.0 Å². The van der Waals surface area contributed by atoms with Crippen molar-refractivity contribution < 1.29 is 17.9 Å². The van der Waals surface area contributed by atoms with Gasteiger partial charge in [-0.3, -0.25) is 4.99 Å². The van der Waals surface area contributed by atoms with Crippen molar-refractivity contribution in [2.75, 3.05) is 25.1 Å². The SMILES string of the molecule is CN(C1=NCCOc2ccc(-c3ccc(C(F)(F)F)cc3)cc21)c1ccccn1. The molecule has 148 valence electrons. The van der Waals surface area contributed by atoms with Crippen LogP contribution < -0.4 is 9.64 Å². The zero-order chi connectivity index (χ0) is 20.4. The lowest BCUT2D eigenvalue weighted by Gasteiger charge is -2.21. The van der Waals surface area contributed by atoms with Crippen molar-refractivity contribution in [3.05, 3.63) is 78.0 Å². The molecule has 0 unspecified atom stereocenters. The van der Waals surface area contributed by atoms with Gasteiger partial charge in [-0.25, -0.2) is 4.98 Å². The van der Waals surface area contributed by atoms with Gasteiger partial charge in [0.25, 0.3) is 0 Å². The third-order valence-electron chi connectivity index (χ3n) is 4.69. The van der Waals surface area contributed by atoms with Crippen LogP contribution in [0.2, 0.25) is 0 Å². The number of ether oxygens (including phenoxy) is 1. The molecule has 1 aliphatic heterocycles. The normalized spacial score (nSPS) is 13.7. The molecule has 0 saturated heterocycles. The molecular formula is C22H18F3N3O. The molecule has 29 heavy (non-hydrogen) atoms. The smallest absolute Gasteiger partial charge is 0.416 e. The summed E-state index contributed by atoms with van der Waals surface area (Å²) in [6.07, 6.45) is -2.65. The quantitative estimate of drug-likeness (QED) is 0.608. The number of alkyl halides is 3. The van der Waals surface area contributed by atoms with E-state index >= 15 is 0 Å². The Morgan fingerprint density at radius 3 is 2.41 bits per heavy atom. The third-order valence-corrected chi connectivity index (χ3v) is 4.69. The molecule has 4 rings (SSSR count). The highest BCUT2D eigenvalue weighted by Gasteiger charge is 2.30. The molecular weight excluding hydrogens is 379 g/mol. The number of fused-ring (bicyclic) bond motifs is 1. The van der Waals surface area contributed by atoms with E-state index in [0.29, 0.717) is 30.3 Å². The minimum atomic E-state index is -4.36. The number of hydrogen-bond acceptors (Lipinski definition) is 4. The van der Waals surface area contributed by atoms with Crippen LogP contribution in [0.4, 0.5) is 19.0 Å². The summed E-state index contributed by atoms with van der Waals surface area (Å²) >= 11 is 0. The van der Waals surface area contributed by atoms with Crippen molar-refractivity contribution in [2.24, 2.45) is 4.99 Å². The van der Waals surface area contributed by atoms with Gasteiger partial charge < -0.3 is 9.64 Å². The van der Waals surface area contributed by atoms with Crippen LogP contribution in [0, 0.1) is 0 Å². The van der Waals surface area contributed by atoms with Gasteiger partial charge in [-0.15, -0.1) is 0 Å². The van der Waals surface area contributed by atoms with E-state index in [-0.39, 0.29) is 0 Å². The molecule has 7 heteroatoms. The molecule has 4 nitrogen and oxygen atoms in total. The summed E-state index contributed by atoms with van der Waals surface area (Å²) < 4.78 is 44.4. The Bertz CT molecular complexity index is 1030. The van der Waals surface area contributed by atoms with Crippen LogP contribution in [-0.2, 0) is 6.18 Å². The fraction of sp³-hybridized carbons (Fsp3) is 0.182. The zero-order valence-corrected chi connectivity index (χ0v) is 15.6. The summed E-state index contributed by atoms with van der Waals surface area (Å²) in [5.74, 6) is 2.11. The number of nitrogens with zero attached hydrogens (tertiary/aromatic N) is 3. The van der Waals surface area contributed by atoms with Crippen molar-refractivity contribution in [2.45, 2.75) is 6.18 Å². The number of halogens is 3. The molecule has 0 spiro atoms. The summed E-state index contributed by atoms with van der Waals surface area (Å²) in [5, 5.41) is 0. The molecule has 0 radical (unpaired) electrons. The second-order valence-electron chi connectivity index (χ2n) is 6.59. The first kappa shape index (κ1) is 19.0. The van der Waals surface area contributed by atoms with Crippen molar-refractivity contribution in [3.63, 3.8) is 0 Å². The zero-order valence-electron chi connectivity index (χ0n) is 15.6. The van der Waals surface area contributed by atoms with Gasteiger partial charge >= 0.3 is 6.18 Å². The Morgan fingerprint density at radius 1 is 0.966 bits per heavy atom. The van der Waals surface area contributed by atoms with Crippen molar-refractivity contribution in [3.8, 4) is 16.9 Å². The maximum Gasteiger partial charge on any atom is 0.416 e. The average Bonchev–Trinajstić information content (AvgIpc) is 2.95. The predicted octanol–water partition coefficient (Wildman–Crippen LogP) is 5.04. The molecule has 1 aromatic heterocycles. The van der Waals surface area contributed by atoms with Crippen LogP contribution in [0.3, 0.4) is 0 Å². The van der Waals surface area contributed by atoms with Crippen molar-refractivity contribution >= 4 is 11.7 Å². The van der Waals surface area contributed by atoms with Crippen LogP contribution in [0.1, 0.15) is 11.1 Å². The second-order valence-corrected chi connectivity index (χ2v) is 6.59. The lowest BCUT2D eigenvalue weighted by molar-refractivity contribution is -0.137. The van der Waals surface area contributed by atoms with E-state index in [1.807, 2.05) is 48.3 Å². The lowest BCUT2D eigenvalue weighted by atomic mass is 10.00. The molecule has 0 aliphatic carbocycles. The fourth-order valence-electron chi connectivity index (χ4n) is 3.20. The van der Waals surface area contributed by atoms with Crippen molar-refractivity contribution in [1.82, 2.24) is 4.98 Å². The Labute approximate surface area is 166 Å². The van der Waals surface area contributed by atoms with E-state index in [1.165, 1.54) is 12.1 Å². The minimum absolute atomic E-state index is 0.451. The van der Waals surface area contributed by atoms with E-state index in [2.05, 4.69) is 9.98 Å². The highest BCUT2D eigenvalue weighted by molar-refractivity contribution is 6.11. The molecule has 0 atom stereocenters. The van der Waals surface area contributed by atoms with E-state index in [1.54, 1.807) is 6.20 Å². The molecule has 2 aromatic carbocycles. The summed E-state index contributed by atoms with van der Waals surface area (Å²) in [7, 11) is 1.88. The van der Waals surface area contributed by atoms with Gasteiger partial charge in [0.1, 0.15) is 24.0 Å². The number of amidine groups is 1. The molecule has 0 bridgehead atoms. The van der Waals surface area contributed by atoms with Crippen LogP contribution in [0.5, 0.6) is 5.75 Å². The van der Waals surface area contributed by atoms with Gasteiger partial charge in [0.05, 0.1) is 17.7 Å². The Balaban J connectivity index is 1.73. The van der Waals surface area contributed by atoms with Gasteiger partial charge in [0.15, 0.2) is 0 Å². The molecule has 3 aromatic rings. The number of aromatic nitrogens is 1. The molecule has 0 saturated carbocycles. The summed E-state index contributed by atoms with van der Waals surface area (Å²) in [6, 6.07) is 16.3. The van der Waals surface area contributed by atoms with Gasteiger partial charge in [-0.05, 0) is 47.5 Å². The van der Waals surface area contributed by atoms with Gasteiger partial charge in [0.2, 0.25) is 0 Å². The first-order valence-corrected chi connectivity index (χ1v) is 9.07. The molecule has 2 heterocycles. The van der Waals surface area contributed by atoms with Crippen LogP contribution in [0.25, 0.3) is 11.1 Å². The molecule has 1 aliphatic rings. The fourth-order valence-corrected chi connectivity index (χ4v) is 3.20. The Kier molecular flexibility index (Phi) is 4.96. The number of anilines is 1. The number of aliphatic imine (C=N–C) groups is 1. The first-order chi connectivity index (χ1) is 13.9. The van der Waals surface area contributed by atoms with Crippen molar-refractivity contribution in [1.29, 1.82) is 0 Å². The molecule has 0 amide bonds. The van der Waals surface area contributed by atoms with E-state index in [9.17, 15) is 13.2 Å². The van der Waals surface area contributed by atoms with Gasteiger partial charge in [0, 0.05) is 13.2 Å². The predicted molar refractivity (Wildman–Crippen MR) is 106 cm³/mol. The lowest BCUT2D eigenvalue weighted by Crippen LogP contribution is -2.28. The van der Waals surface area contributed by atoms with E-state index in [0.717, 1.165) is 29.1 Å². The molecule has 0 N–H and O–H groups in total. The highest BCUT2D eigenvalue weighted by atomic mass is 19.4. The second kappa shape index (κ2) is 7.58. The minimum Gasteiger partial charge on any atom is -0.491 e. The first-order valence-electron chi connectivity index (χ1n) is 9.07. The standard InChI is InChI=1S/C22H18F3N3O/c1-28(20-4-2-3-11-26-20)21-18-14-16(7-10-19(18)29-13-12-27-21)15-5-8-17(9-6-15)22(23,24)25/h2-11,14H,12-13H2,1H3.